The van der Waals surface area contributed by atoms with E-state index < -0.39 is 5.60 Å². The first-order valence-electron chi connectivity index (χ1n) is 5.77. The Morgan fingerprint density at radius 3 is 2.67 bits per heavy atom. The second-order valence-electron chi connectivity index (χ2n) is 4.63. The number of amides is 1. The summed E-state index contributed by atoms with van der Waals surface area (Å²) in [5.74, 6) is -0.0548. The Morgan fingerprint density at radius 1 is 1.53 bits per heavy atom. The normalized spacial score (nSPS) is 21.3. The van der Waals surface area contributed by atoms with Gasteiger partial charge in [0.2, 0.25) is 5.91 Å². The van der Waals surface area contributed by atoms with Crippen LogP contribution in [0, 0.1) is 5.92 Å². The molecular weight excluding hydrogens is 192 g/mol. The van der Waals surface area contributed by atoms with Crippen LogP contribution >= 0.6 is 0 Å². The van der Waals surface area contributed by atoms with Crippen molar-refractivity contribution in [3.8, 4) is 0 Å². The van der Waals surface area contributed by atoms with Crippen molar-refractivity contribution in [3.05, 3.63) is 0 Å². The Hall–Kier alpha value is -0.610. The van der Waals surface area contributed by atoms with Crippen molar-refractivity contribution in [3.63, 3.8) is 0 Å². The van der Waals surface area contributed by atoms with Crippen LogP contribution in [0.25, 0.3) is 0 Å². The molecule has 1 fully saturated rings. The van der Waals surface area contributed by atoms with Gasteiger partial charge < -0.3 is 16.2 Å². The molecule has 15 heavy (non-hydrogen) atoms. The van der Waals surface area contributed by atoms with Gasteiger partial charge >= 0.3 is 0 Å². The van der Waals surface area contributed by atoms with Crippen molar-refractivity contribution in [1.29, 1.82) is 0 Å². The van der Waals surface area contributed by atoms with Crippen LogP contribution in [-0.2, 0) is 4.79 Å². The number of nitrogens with one attached hydrogen (secondary N) is 1. The van der Waals surface area contributed by atoms with E-state index in [1.54, 1.807) is 0 Å². The smallest absolute Gasteiger partial charge is 0.222 e. The third-order valence-electron chi connectivity index (χ3n) is 3.17. The highest BCUT2D eigenvalue weighted by Crippen LogP contribution is 2.28. The second kappa shape index (κ2) is 5.47. The van der Waals surface area contributed by atoms with Gasteiger partial charge in [0, 0.05) is 12.5 Å². The summed E-state index contributed by atoms with van der Waals surface area (Å²) in [6.45, 7) is 2.78. The maximum atomic E-state index is 11.6. The fraction of sp³-hybridized carbons (Fsp3) is 0.909. The predicted octanol–water partition coefficient (Wildman–Crippen LogP) is 0.393. The summed E-state index contributed by atoms with van der Waals surface area (Å²) >= 11 is 0. The molecule has 1 unspecified atom stereocenters. The van der Waals surface area contributed by atoms with Gasteiger partial charge in [0.1, 0.15) is 0 Å². The van der Waals surface area contributed by atoms with Crippen LogP contribution in [0.4, 0.5) is 0 Å². The van der Waals surface area contributed by atoms with Gasteiger partial charge in [-0.1, -0.05) is 19.8 Å². The average molecular weight is 214 g/mol. The van der Waals surface area contributed by atoms with Crippen LogP contribution in [0.5, 0.6) is 0 Å². The lowest BCUT2D eigenvalue weighted by atomic mass is 10.0. The number of carbonyl (C=O) groups is 1. The first-order valence-corrected chi connectivity index (χ1v) is 5.77. The molecule has 1 aliphatic carbocycles. The lowest BCUT2D eigenvalue weighted by molar-refractivity contribution is -0.125. The molecule has 0 aromatic heterocycles. The molecule has 88 valence electrons. The largest absolute Gasteiger partial charge is 0.388 e. The number of aliphatic hydroxyl groups is 1. The number of rotatable bonds is 5. The predicted molar refractivity (Wildman–Crippen MR) is 59.3 cm³/mol. The minimum Gasteiger partial charge on any atom is -0.388 e. The molecule has 0 aromatic rings. The molecule has 0 heterocycles. The Bertz CT molecular complexity index is 213. The lowest BCUT2D eigenvalue weighted by Crippen LogP contribution is -2.42. The van der Waals surface area contributed by atoms with Crippen molar-refractivity contribution in [1.82, 2.24) is 5.32 Å². The van der Waals surface area contributed by atoms with Crippen molar-refractivity contribution in [2.24, 2.45) is 11.7 Å². The van der Waals surface area contributed by atoms with Gasteiger partial charge in [-0.3, -0.25) is 4.79 Å². The highest BCUT2D eigenvalue weighted by atomic mass is 16.3. The van der Waals surface area contributed by atoms with E-state index in [1.807, 2.05) is 6.92 Å². The van der Waals surface area contributed by atoms with Gasteiger partial charge in [-0.2, -0.15) is 0 Å². The van der Waals surface area contributed by atoms with Crippen molar-refractivity contribution < 1.29 is 9.90 Å². The van der Waals surface area contributed by atoms with E-state index in [0.717, 1.165) is 25.7 Å². The Morgan fingerprint density at radius 2 is 2.13 bits per heavy atom. The fourth-order valence-electron chi connectivity index (χ4n) is 2.02. The number of hydrogen-bond donors (Lipinski definition) is 3. The minimum absolute atomic E-state index is 0.000718. The zero-order valence-corrected chi connectivity index (χ0v) is 9.46. The van der Waals surface area contributed by atoms with Crippen LogP contribution in [0.2, 0.25) is 0 Å². The van der Waals surface area contributed by atoms with Crippen LogP contribution < -0.4 is 11.1 Å². The standard InChI is InChI=1S/C11H22N2O2/c1-9(4-7-12)10(14)13-8-11(15)5-2-3-6-11/h9,15H,2-8,12H2,1H3,(H,13,14). The Labute approximate surface area is 91.2 Å². The summed E-state index contributed by atoms with van der Waals surface area (Å²) in [5.41, 5.74) is 4.73. The van der Waals surface area contributed by atoms with Crippen molar-refractivity contribution in [2.45, 2.75) is 44.6 Å². The van der Waals surface area contributed by atoms with E-state index in [1.165, 1.54) is 0 Å². The molecule has 4 nitrogen and oxygen atoms in total. The molecule has 4 N–H and O–H groups in total. The van der Waals surface area contributed by atoms with Crippen LogP contribution in [-0.4, -0.2) is 29.7 Å². The van der Waals surface area contributed by atoms with Gasteiger partial charge in [0.05, 0.1) is 5.60 Å². The fourth-order valence-corrected chi connectivity index (χ4v) is 2.02. The molecule has 1 saturated carbocycles. The van der Waals surface area contributed by atoms with Crippen molar-refractivity contribution >= 4 is 5.91 Å². The Kier molecular flexibility index (Phi) is 4.54. The van der Waals surface area contributed by atoms with Crippen LogP contribution in [0.3, 0.4) is 0 Å². The molecule has 1 amide bonds. The van der Waals surface area contributed by atoms with Crippen LogP contribution in [0.15, 0.2) is 0 Å². The molecule has 1 rings (SSSR count). The molecule has 0 bridgehead atoms. The minimum atomic E-state index is -0.655. The van der Waals surface area contributed by atoms with E-state index in [9.17, 15) is 9.90 Å². The summed E-state index contributed by atoms with van der Waals surface area (Å²) in [4.78, 5) is 11.6. The summed E-state index contributed by atoms with van der Waals surface area (Å²) < 4.78 is 0. The zero-order valence-electron chi connectivity index (χ0n) is 9.46. The van der Waals surface area contributed by atoms with E-state index in [-0.39, 0.29) is 11.8 Å². The van der Waals surface area contributed by atoms with Gasteiger partial charge in [0.15, 0.2) is 0 Å². The maximum Gasteiger partial charge on any atom is 0.222 e. The lowest BCUT2D eigenvalue weighted by Gasteiger charge is -2.23. The first kappa shape index (κ1) is 12.5. The highest BCUT2D eigenvalue weighted by Gasteiger charge is 2.31. The quantitative estimate of drug-likeness (QED) is 0.620. The topological polar surface area (TPSA) is 75.4 Å². The van der Waals surface area contributed by atoms with E-state index in [4.69, 9.17) is 5.73 Å². The molecule has 0 spiro atoms. The number of carbonyl (C=O) groups excluding carboxylic acids is 1. The molecular formula is C11H22N2O2. The third kappa shape index (κ3) is 3.80. The summed E-state index contributed by atoms with van der Waals surface area (Å²) in [5, 5.41) is 12.8. The molecule has 0 radical (unpaired) electrons. The first-order chi connectivity index (χ1) is 7.07. The molecule has 4 heteroatoms. The van der Waals surface area contributed by atoms with E-state index in [2.05, 4.69) is 5.32 Å². The van der Waals surface area contributed by atoms with E-state index >= 15 is 0 Å². The zero-order chi connectivity index (χ0) is 11.3. The van der Waals surface area contributed by atoms with Gasteiger partial charge in [0.25, 0.3) is 0 Å². The third-order valence-corrected chi connectivity index (χ3v) is 3.17. The highest BCUT2D eigenvalue weighted by molar-refractivity contribution is 5.78. The van der Waals surface area contributed by atoms with Gasteiger partial charge in [-0.15, -0.1) is 0 Å². The van der Waals surface area contributed by atoms with Crippen LogP contribution in [0.1, 0.15) is 39.0 Å². The van der Waals surface area contributed by atoms with Crippen molar-refractivity contribution in [2.75, 3.05) is 13.1 Å². The number of nitrogens with two attached hydrogens (primary N) is 1. The Balaban J connectivity index is 2.26. The van der Waals surface area contributed by atoms with E-state index in [0.29, 0.717) is 19.5 Å². The molecule has 1 atom stereocenters. The molecule has 0 saturated heterocycles. The van der Waals surface area contributed by atoms with Gasteiger partial charge in [-0.05, 0) is 25.8 Å². The number of hydrogen-bond acceptors (Lipinski definition) is 3. The molecule has 0 aromatic carbocycles. The second-order valence-corrected chi connectivity index (χ2v) is 4.63. The summed E-state index contributed by atoms with van der Waals surface area (Å²) in [7, 11) is 0. The summed E-state index contributed by atoms with van der Waals surface area (Å²) in [6.07, 6.45) is 4.43. The SMILES string of the molecule is CC(CCN)C(=O)NCC1(O)CCCC1. The van der Waals surface area contributed by atoms with Gasteiger partial charge in [-0.25, -0.2) is 0 Å². The summed E-state index contributed by atoms with van der Waals surface area (Å²) in [6, 6.07) is 0. The maximum absolute atomic E-state index is 11.6. The molecule has 0 aliphatic heterocycles. The monoisotopic (exact) mass is 214 g/mol. The molecule has 1 aliphatic rings. The average Bonchev–Trinajstić information content (AvgIpc) is 2.63.